The maximum atomic E-state index is 13.0. The second-order valence-corrected chi connectivity index (χ2v) is 6.63. The minimum absolute atomic E-state index is 0.0311. The maximum Gasteiger partial charge on any atom is 0.257 e. The van der Waals surface area contributed by atoms with E-state index in [0.717, 1.165) is 28.6 Å². The van der Waals surface area contributed by atoms with Crippen LogP contribution in [0.3, 0.4) is 0 Å². The molecule has 2 heterocycles. The molecule has 0 spiro atoms. The Morgan fingerprint density at radius 3 is 2.92 bits per heavy atom. The van der Waals surface area contributed by atoms with Crippen LogP contribution in [0.5, 0.6) is 0 Å². The molecule has 1 aliphatic rings. The summed E-state index contributed by atoms with van der Waals surface area (Å²) in [6.07, 6.45) is 2.46. The molecule has 1 aliphatic heterocycles. The predicted octanol–water partition coefficient (Wildman–Crippen LogP) is 4.86. The third-order valence-corrected chi connectivity index (χ3v) is 4.72. The first-order valence-electron chi connectivity index (χ1n) is 8.39. The monoisotopic (exact) mass is 351 g/mol. The molecule has 1 atom stereocenters. The average molecular weight is 352 g/mol. The number of halogens is 1. The number of amides is 1. The molecule has 0 radical (unpaired) electrons. The second-order valence-electron chi connectivity index (χ2n) is 6.19. The number of pyridine rings is 1. The second kappa shape index (κ2) is 6.37. The summed E-state index contributed by atoms with van der Waals surface area (Å²) in [7, 11) is 0. The molecule has 0 aliphatic carbocycles. The fraction of sp³-hybridized carbons (Fsp3) is 0.200. The molecule has 126 valence electrons. The maximum absolute atomic E-state index is 13.0. The first-order valence-corrected chi connectivity index (χ1v) is 8.77. The third kappa shape index (κ3) is 2.83. The zero-order chi connectivity index (χ0) is 17.4. The number of anilines is 1. The first kappa shape index (κ1) is 15.9. The zero-order valence-corrected chi connectivity index (χ0v) is 14.6. The van der Waals surface area contributed by atoms with Gasteiger partial charge in [0.25, 0.3) is 5.91 Å². The van der Waals surface area contributed by atoms with E-state index >= 15 is 0 Å². The van der Waals surface area contributed by atoms with Crippen molar-refractivity contribution in [2.24, 2.45) is 0 Å². The summed E-state index contributed by atoms with van der Waals surface area (Å²) >= 11 is 6.12. The van der Waals surface area contributed by atoms with Crippen molar-refractivity contribution in [2.75, 3.05) is 11.9 Å². The van der Waals surface area contributed by atoms with E-state index in [9.17, 15) is 4.79 Å². The van der Waals surface area contributed by atoms with Gasteiger partial charge in [0.1, 0.15) is 6.17 Å². The Morgan fingerprint density at radius 1 is 1.20 bits per heavy atom. The fourth-order valence-electron chi connectivity index (χ4n) is 3.32. The summed E-state index contributed by atoms with van der Waals surface area (Å²) in [5.41, 5.74) is 3.42. The Morgan fingerprint density at radius 2 is 2.08 bits per heavy atom. The van der Waals surface area contributed by atoms with Crippen molar-refractivity contribution in [1.82, 2.24) is 9.88 Å². The van der Waals surface area contributed by atoms with E-state index in [1.807, 2.05) is 35.2 Å². The Kier molecular flexibility index (Phi) is 4.06. The third-order valence-electron chi connectivity index (χ3n) is 4.48. The highest BCUT2D eigenvalue weighted by molar-refractivity contribution is 6.31. The minimum atomic E-state index is -0.219. The van der Waals surface area contributed by atoms with Gasteiger partial charge in [0.05, 0.1) is 16.8 Å². The summed E-state index contributed by atoms with van der Waals surface area (Å²) in [6.45, 7) is 2.76. The molecule has 0 saturated carbocycles. The minimum Gasteiger partial charge on any atom is -0.361 e. The Balaban J connectivity index is 1.81. The van der Waals surface area contributed by atoms with Crippen molar-refractivity contribution in [1.29, 1.82) is 0 Å². The van der Waals surface area contributed by atoms with E-state index in [2.05, 4.69) is 23.3 Å². The van der Waals surface area contributed by atoms with Gasteiger partial charge in [-0.2, -0.15) is 0 Å². The summed E-state index contributed by atoms with van der Waals surface area (Å²) in [5.74, 6) is 0.0311. The molecular formula is C20H18ClN3O. The van der Waals surface area contributed by atoms with Crippen LogP contribution < -0.4 is 5.32 Å². The summed E-state index contributed by atoms with van der Waals surface area (Å²) < 4.78 is 0. The number of benzene rings is 2. The van der Waals surface area contributed by atoms with Crippen LogP contribution in [0.2, 0.25) is 5.02 Å². The summed E-state index contributed by atoms with van der Waals surface area (Å²) in [6, 6.07) is 15.4. The number of hydrogen-bond acceptors (Lipinski definition) is 3. The average Bonchev–Trinajstić information content (AvgIpc) is 2.63. The van der Waals surface area contributed by atoms with Crippen molar-refractivity contribution < 1.29 is 4.79 Å². The van der Waals surface area contributed by atoms with Crippen LogP contribution >= 0.6 is 11.6 Å². The van der Waals surface area contributed by atoms with Gasteiger partial charge in [-0.3, -0.25) is 9.78 Å². The molecule has 0 saturated heterocycles. The lowest BCUT2D eigenvalue weighted by molar-refractivity contribution is 0.0683. The van der Waals surface area contributed by atoms with Crippen molar-refractivity contribution in [3.63, 3.8) is 0 Å². The van der Waals surface area contributed by atoms with Crippen LogP contribution in [0.15, 0.2) is 54.7 Å². The van der Waals surface area contributed by atoms with Gasteiger partial charge < -0.3 is 10.2 Å². The lowest BCUT2D eigenvalue weighted by Gasteiger charge is -2.38. The lowest BCUT2D eigenvalue weighted by Crippen LogP contribution is -2.43. The molecule has 5 heteroatoms. The molecule has 1 amide bonds. The van der Waals surface area contributed by atoms with Gasteiger partial charge in [0.15, 0.2) is 0 Å². The molecule has 0 fully saturated rings. The van der Waals surface area contributed by atoms with Gasteiger partial charge in [-0.05, 0) is 48.4 Å². The van der Waals surface area contributed by atoms with Gasteiger partial charge in [0, 0.05) is 23.2 Å². The van der Waals surface area contributed by atoms with Crippen molar-refractivity contribution >= 4 is 34.1 Å². The van der Waals surface area contributed by atoms with E-state index in [-0.39, 0.29) is 12.1 Å². The number of nitrogens with one attached hydrogen (secondary N) is 1. The molecule has 0 bridgehead atoms. The molecule has 4 nitrogen and oxygen atoms in total. The number of nitrogens with zero attached hydrogens (tertiary/aromatic N) is 2. The van der Waals surface area contributed by atoms with Crippen molar-refractivity contribution in [3.8, 4) is 0 Å². The normalized spacial score (nSPS) is 16.6. The first-order chi connectivity index (χ1) is 12.2. The number of hydrogen-bond donors (Lipinski definition) is 1. The van der Waals surface area contributed by atoms with E-state index in [1.54, 1.807) is 18.3 Å². The van der Waals surface area contributed by atoms with Gasteiger partial charge in [-0.15, -0.1) is 0 Å². The number of carbonyl (C=O) groups excluding carboxylic acids is 1. The van der Waals surface area contributed by atoms with Crippen LogP contribution in [0.1, 0.15) is 35.4 Å². The quantitative estimate of drug-likeness (QED) is 0.732. The Labute approximate surface area is 151 Å². The fourth-order valence-corrected chi connectivity index (χ4v) is 3.49. The summed E-state index contributed by atoms with van der Waals surface area (Å²) in [5, 5.41) is 5.16. The van der Waals surface area contributed by atoms with Gasteiger partial charge in [0.2, 0.25) is 0 Å². The molecule has 1 aromatic heterocycles. The molecule has 1 unspecified atom stereocenters. The highest BCUT2D eigenvalue weighted by Gasteiger charge is 2.32. The molecule has 3 aromatic rings. The van der Waals surface area contributed by atoms with Gasteiger partial charge >= 0.3 is 0 Å². The topological polar surface area (TPSA) is 45.2 Å². The predicted molar refractivity (Wildman–Crippen MR) is 101 cm³/mol. The number of fused-ring (bicyclic) bond motifs is 2. The van der Waals surface area contributed by atoms with Gasteiger partial charge in [-0.25, -0.2) is 0 Å². The summed E-state index contributed by atoms with van der Waals surface area (Å²) in [4.78, 5) is 19.2. The number of carbonyl (C=O) groups is 1. The molecule has 4 rings (SSSR count). The van der Waals surface area contributed by atoms with E-state index < -0.39 is 0 Å². The molecule has 1 N–H and O–H groups in total. The van der Waals surface area contributed by atoms with E-state index in [1.165, 1.54) is 0 Å². The Bertz CT molecular complexity index is 957. The van der Waals surface area contributed by atoms with Crippen LogP contribution in [0, 0.1) is 0 Å². The van der Waals surface area contributed by atoms with Gasteiger partial charge in [-0.1, -0.05) is 30.7 Å². The zero-order valence-electron chi connectivity index (χ0n) is 13.9. The van der Waals surface area contributed by atoms with Crippen molar-refractivity contribution in [2.45, 2.75) is 19.5 Å². The van der Waals surface area contributed by atoms with Crippen LogP contribution in [0.25, 0.3) is 10.9 Å². The van der Waals surface area contributed by atoms with E-state index in [4.69, 9.17) is 11.6 Å². The lowest BCUT2D eigenvalue weighted by atomic mass is 10.0. The smallest absolute Gasteiger partial charge is 0.257 e. The van der Waals surface area contributed by atoms with Crippen LogP contribution in [-0.4, -0.2) is 22.3 Å². The SMILES string of the molecule is CCCN1C(=O)c2ccc(Cl)cc2NC1c1ccc2ncccc2c1. The van der Waals surface area contributed by atoms with Crippen LogP contribution in [0.4, 0.5) is 5.69 Å². The number of rotatable bonds is 3. The number of aromatic nitrogens is 1. The van der Waals surface area contributed by atoms with Crippen molar-refractivity contribution in [3.05, 3.63) is 70.9 Å². The highest BCUT2D eigenvalue weighted by atomic mass is 35.5. The highest BCUT2D eigenvalue weighted by Crippen LogP contribution is 2.35. The van der Waals surface area contributed by atoms with Crippen LogP contribution in [-0.2, 0) is 0 Å². The molecule has 25 heavy (non-hydrogen) atoms. The molecule has 2 aromatic carbocycles. The largest absolute Gasteiger partial charge is 0.361 e. The van der Waals surface area contributed by atoms with E-state index in [0.29, 0.717) is 17.1 Å². The molecular weight excluding hydrogens is 334 g/mol. The Hall–Kier alpha value is -2.59. The standard InChI is InChI=1S/C20H18ClN3O/c1-2-10-24-19(14-5-8-17-13(11-14)4-3-9-22-17)23-18-12-15(21)6-7-16(18)20(24)25/h3-9,11-12,19,23H,2,10H2,1H3.